The van der Waals surface area contributed by atoms with Crippen LogP contribution in [0.2, 0.25) is 0 Å². The molecule has 0 radical (unpaired) electrons. The predicted octanol–water partition coefficient (Wildman–Crippen LogP) is 2.27. The average molecular weight is 1090 g/mol. The van der Waals surface area contributed by atoms with Crippen LogP contribution in [0.1, 0.15) is 120 Å². The molecule has 8 aliphatic rings. The molecule has 21 heteroatoms. The van der Waals surface area contributed by atoms with Crippen molar-refractivity contribution in [2.75, 3.05) is 27.9 Å². The van der Waals surface area contributed by atoms with Crippen molar-refractivity contribution in [1.82, 2.24) is 0 Å². The molecule has 4 saturated heterocycles. The molecule has 76 heavy (non-hydrogen) atoms. The zero-order valence-electron chi connectivity index (χ0n) is 46.4. The van der Waals surface area contributed by atoms with E-state index in [4.69, 9.17) is 56.8 Å². The van der Waals surface area contributed by atoms with E-state index >= 15 is 0 Å². The molecule has 7 fully saturated rings. The van der Waals surface area contributed by atoms with Crippen molar-refractivity contribution in [3.63, 3.8) is 0 Å². The Hall–Kier alpha value is -2.10. The van der Waals surface area contributed by atoms with Gasteiger partial charge in [-0.25, -0.2) is 4.79 Å². The van der Waals surface area contributed by atoms with Gasteiger partial charge >= 0.3 is 5.97 Å². The molecule has 4 aliphatic heterocycles. The van der Waals surface area contributed by atoms with Crippen LogP contribution in [0.3, 0.4) is 0 Å². The topological polar surface area (TPSA) is 287 Å². The minimum absolute atomic E-state index is 0.0843. The Bertz CT molecular complexity index is 2090. The van der Waals surface area contributed by atoms with E-state index in [-0.39, 0.29) is 43.5 Å². The monoisotopic (exact) mass is 1080 g/mol. The highest BCUT2D eigenvalue weighted by molar-refractivity contribution is 5.83. The summed E-state index contributed by atoms with van der Waals surface area (Å²) in [6, 6.07) is 0. The lowest BCUT2D eigenvalue weighted by Crippen LogP contribution is -2.76. The first-order valence-corrected chi connectivity index (χ1v) is 27.5. The van der Waals surface area contributed by atoms with E-state index in [1.165, 1.54) is 20.1 Å². The molecule has 26 unspecified atom stereocenters. The van der Waals surface area contributed by atoms with E-state index < -0.39 is 163 Å². The van der Waals surface area contributed by atoms with Gasteiger partial charge in [-0.2, -0.15) is 0 Å². The van der Waals surface area contributed by atoms with Gasteiger partial charge in [-0.15, -0.1) is 0 Å². The Morgan fingerprint density at radius 1 is 0.750 bits per heavy atom. The average Bonchev–Trinajstić information content (AvgIpc) is 3.61. The first-order valence-electron chi connectivity index (χ1n) is 27.5. The van der Waals surface area contributed by atoms with Gasteiger partial charge in [0.1, 0.15) is 65.8 Å². The van der Waals surface area contributed by atoms with E-state index in [0.717, 1.165) is 11.1 Å². The highest BCUT2D eigenvalue weighted by Gasteiger charge is 2.79. The zero-order valence-corrected chi connectivity index (χ0v) is 46.4. The minimum atomic E-state index is -1.95. The van der Waals surface area contributed by atoms with E-state index in [2.05, 4.69) is 6.92 Å². The number of hydrogen-bond donors (Lipinski definition) is 7. The number of ether oxygens (including phenoxy) is 12. The van der Waals surface area contributed by atoms with Crippen molar-refractivity contribution in [3.8, 4) is 0 Å². The van der Waals surface area contributed by atoms with Crippen LogP contribution in [0, 0.1) is 28.6 Å². The SMILES string of the molecule is COC1CC(OC2CCC3(C)C(=CCC4(O)C3CC(OC(=O)C=C(C)C(C)C)C3(C)C(O)C(C(C)=O)CC43O)C2)OC(C)C1OC1CC(OC)C(OC2CC(OC)C(OC3OC(CO)C(O)C(O)C3O)C(C)O2)C(C)O1. The molecule has 0 bridgehead atoms. The van der Waals surface area contributed by atoms with Crippen LogP contribution < -0.4 is 0 Å². The van der Waals surface area contributed by atoms with Gasteiger partial charge in [0.05, 0.1) is 60.9 Å². The van der Waals surface area contributed by atoms with Gasteiger partial charge in [0, 0.05) is 58.5 Å². The summed E-state index contributed by atoms with van der Waals surface area (Å²) in [6.07, 6.45) is -10.8. The lowest BCUT2D eigenvalue weighted by atomic mass is 9.43. The fourth-order valence-corrected chi connectivity index (χ4v) is 14.3. The first-order chi connectivity index (χ1) is 35.8. The summed E-state index contributed by atoms with van der Waals surface area (Å²) in [5.74, 6) is -2.32. The van der Waals surface area contributed by atoms with Crippen LogP contribution in [0.15, 0.2) is 23.3 Å². The number of carbonyl (C=O) groups is 2. The molecule has 26 atom stereocenters. The number of rotatable bonds is 16. The second-order valence-electron chi connectivity index (χ2n) is 23.9. The molecule has 4 heterocycles. The molecule has 434 valence electrons. The molecule has 0 aromatic heterocycles. The third kappa shape index (κ3) is 10.8. The summed E-state index contributed by atoms with van der Waals surface area (Å²) in [5.41, 5.74) is -3.97. The van der Waals surface area contributed by atoms with Crippen molar-refractivity contribution in [2.45, 2.75) is 254 Å². The highest BCUT2D eigenvalue weighted by Crippen LogP contribution is 2.69. The second-order valence-corrected chi connectivity index (χ2v) is 23.9. The number of allylic oxidation sites excluding steroid dienone is 1. The van der Waals surface area contributed by atoms with Gasteiger partial charge in [-0.05, 0) is 84.5 Å². The third-order valence-electron chi connectivity index (χ3n) is 19.3. The number of aliphatic hydroxyl groups excluding tert-OH is 5. The molecule has 0 amide bonds. The summed E-state index contributed by atoms with van der Waals surface area (Å²) in [4.78, 5) is 26.5. The fourth-order valence-electron chi connectivity index (χ4n) is 14.3. The van der Waals surface area contributed by atoms with Gasteiger partial charge in [0.15, 0.2) is 25.2 Å². The number of hydrogen-bond acceptors (Lipinski definition) is 21. The summed E-state index contributed by atoms with van der Waals surface area (Å²) < 4.78 is 74.8. The largest absolute Gasteiger partial charge is 0.458 e. The van der Waals surface area contributed by atoms with Crippen molar-refractivity contribution in [3.05, 3.63) is 23.3 Å². The van der Waals surface area contributed by atoms with E-state index in [0.29, 0.717) is 32.1 Å². The Morgan fingerprint density at radius 3 is 1.78 bits per heavy atom. The van der Waals surface area contributed by atoms with Crippen LogP contribution in [-0.2, 0) is 66.4 Å². The van der Waals surface area contributed by atoms with E-state index in [9.17, 15) is 45.3 Å². The molecule has 0 spiro atoms. The molecule has 8 rings (SSSR count). The van der Waals surface area contributed by atoms with Crippen LogP contribution >= 0.6 is 0 Å². The number of Topliss-reactive ketones (excluding diaryl/α,β-unsaturated/α-hetero) is 1. The van der Waals surface area contributed by atoms with E-state index in [1.807, 2.05) is 40.7 Å². The van der Waals surface area contributed by atoms with Gasteiger partial charge in [0.2, 0.25) is 0 Å². The zero-order chi connectivity index (χ0) is 55.6. The maximum atomic E-state index is 13.5. The molecule has 3 saturated carbocycles. The third-order valence-corrected chi connectivity index (χ3v) is 19.3. The maximum absolute atomic E-state index is 13.5. The Labute approximate surface area is 446 Å². The number of ketones is 1. The maximum Gasteiger partial charge on any atom is 0.330 e. The normalized spacial score (nSPS) is 49.8. The van der Waals surface area contributed by atoms with Crippen LogP contribution in [0.25, 0.3) is 0 Å². The number of fused-ring (bicyclic) bond motifs is 5. The fraction of sp³-hybridized carbons (Fsp3) is 0.891. The molecule has 7 N–H and O–H groups in total. The Kier molecular flexibility index (Phi) is 18.5. The Balaban J connectivity index is 0.877. The highest BCUT2D eigenvalue weighted by atomic mass is 16.8. The van der Waals surface area contributed by atoms with Crippen LogP contribution in [0.5, 0.6) is 0 Å². The summed E-state index contributed by atoms with van der Waals surface area (Å²) in [6.45, 7) is 15.8. The molecular weight excluding hydrogens is 997 g/mol. The summed E-state index contributed by atoms with van der Waals surface area (Å²) >= 11 is 0. The van der Waals surface area contributed by atoms with Crippen LogP contribution in [-0.4, -0.2) is 209 Å². The quantitative estimate of drug-likeness (QED) is 0.0663. The van der Waals surface area contributed by atoms with Gasteiger partial charge < -0.3 is 92.6 Å². The molecule has 21 nitrogen and oxygen atoms in total. The number of methoxy groups -OCH3 is 3. The number of esters is 1. The van der Waals surface area contributed by atoms with Crippen molar-refractivity contribution >= 4 is 11.8 Å². The molecule has 0 aromatic carbocycles. The molecular formula is C55H88O21. The summed E-state index contributed by atoms with van der Waals surface area (Å²) in [7, 11) is 4.72. The Morgan fingerprint density at radius 2 is 1.28 bits per heavy atom. The van der Waals surface area contributed by atoms with Gasteiger partial charge in [-0.3, -0.25) is 4.79 Å². The van der Waals surface area contributed by atoms with Crippen molar-refractivity contribution < 1.29 is 102 Å². The smallest absolute Gasteiger partial charge is 0.330 e. The lowest BCUT2D eigenvalue weighted by Gasteiger charge is -2.66. The molecule has 4 aliphatic carbocycles. The number of carbonyl (C=O) groups excluding carboxylic acids is 2. The van der Waals surface area contributed by atoms with Crippen molar-refractivity contribution in [2.24, 2.45) is 28.6 Å². The van der Waals surface area contributed by atoms with Gasteiger partial charge in [-0.1, -0.05) is 44.9 Å². The number of aliphatic hydroxyl groups is 7. The molecule has 0 aromatic rings. The van der Waals surface area contributed by atoms with Gasteiger partial charge in [0.25, 0.3) is 0 Å². The van der Waals surface area contributed by atoms with Crippen LogP contribution in [0.4, 0.5) is 0 Å². The van der Waals surface area contributed by atoms with Crippen molar-refractivity contribution in [1.29, 1.82) is 0 Å². The minimum Gasteiger partial charge on any atom is -0.458 e. The van der Waals surface area contributed by atoms with E-state index in [1.54, 1.807) is 28.1 Å². The lowest BCUT2D eigenvalue weighted by molar-refractivity contribution is -0.357. The predicted molar refractivity (Wildman–Crippen MR) is 267 cm³/mol. The standard InChI is InChI=1S/C55H88O21/c1-25(2)26(3)17-40(58)73-39-22-38-52(8)15-14-32(18-31(52)13-16-54(38,63)55(64)23-33(27(4)57)50(62)53(39,55)9)71-41-19-34(65-10)47(28(5)68-41)74-42-20-35(66-11)48(29(6)69-42)75-43-21-36(67-12)49(30(7)70-43)76-51-46(61)45(60)44(59)37(24-56)72-51/h13,17,25,28-30,32-39,41-51,56,59-64H,14-16,18-24H2,1-12H3. The first kappa shape index (κ1) is 60.0. The second kappa shape index (κ2) is 23.4. The summed E-state index contributed by atoms with van der Waals surface area (Å²) in [5, 5.41) is 78.6.